The van der Waals surface area contributed by atoms with Gasteiger partial charge in [-0.1, -0.05) is 0 Å². The van der Waals surface area contributed by atoms with Crippen LogP contribution >= 0.6 is 6.89 Å². The number of aromatic amines is 1. The Labute approximate surface area is 143 Å². The predicted octanol–water partition coefficient (Wildman–Crippen LogP) is -1.12. The van der Waals surface area contributed by atoms with E-state index in [1.807, 2.05) is 18.3 Å². The van der Waals surface area contributed by atoms with E-state index in [1.54, 1.807) is 0 Å². The minimum Gasteiger partial charge on any atom is -0.481 e. The Morgan fingerprint density at radius 3 is 2.56 bits per heavy atom. The molecule has 2 heterocycles. The number of aliphatic carboxylic acids is 1. The van der Waals surface area contributed by atoms with Gasteiger partial charge in [0.15, 0.2) is 6.23 Å². The van der Waals surface area contributed by atoms with Gasteiger partial charge in [0.25, 0.3) is 5.56 Å². The van der Waals surface area contributed by atoms with Crippen molar-refractivity contribution in [3.05, 3.63) is 32.6 Å². The highest BCUT2D eigenvalue weighted by Crippen LogP contribution is 2.39. The molecule has 4 N–H and O–H groups in total. The van der Waals surface area contributed by atoms with Crippen LogP contribution in [0.4, 0.5) is 0 Å². The molecule has 1 saturated heterocycles. The molecule has 0 aliphatic carbocycles. The Kier molecular flexibility index (Phi) is 5.73. The minimum atomic E-state index is -1.38. The molecule has 4 atom stereocenters. The minimum absolute atomic E-state index is 0.148. The number of carbonyl (C=O) groups is 1. The van der Waals surface area contributed by atoms with Crippen LogP contribution in [0.5, 0.6) is 0 Å². The van der Waals surface area contributed by atoms with E-state index in [4.69, 9.17) is 9.84 Å². The van der Waals surface area contributed by atoms with E-state index in [9.17, 15) is 24.6 Å². The molecule has 0 spiro atoms. The second-order valence-electron chi connectivity index (χ2n) is 6.89. The van der Waals surface area contributed by atoms with Crippen molar-refractivity contribution in [1.29, 1.82) is 0 Å². The lowest BCUT2D eigenvalue weighted by Gasteiger charge is -2.19. The molecule has 1 aliphatic rings. The Bertz CT molecular complexity index is 809. The fourth-order valence-corrected chi connectivity index (χ4v) is 3.63. The van der Waals surface area contributed by atoms with E-state index in [-0.39, 0.29) is 5.56 Å². The van der Waals surface area contributed by atoms with Crippen LogP contribution in [0.25, 0.3) is 0 Å². The zero-order chi connectivity index (χ0) is 18.9. The van der Waals surface area contributed by atoms with Crippen molar-refractivity contribution in [1.82, 2.24) is 9.55 Å². The molecule has 1 aliphatic heterocycles. The first-order chi connectivity index (χ1) is 11.5. The second-order valence-corrected chi connectivity index (χ2v) is 11.2. The van der Waals surface area contributed by atoms with E-state index in [0.717, 1.165) is 16.9 Å². The number of nitrogens with one attached hydrogen (secondary N) is 1. The molecule has 25 heavy (non-hydrogen) atoms. The van der Waals surface area contributed by atoms with Crippen molar-refractivity contribution in [3.8, 4) is 0 Å². The van der Waals surface area contributed by atoms with E-state index in [0.29, 0.717) is 6.42 Å². The van der Waals surface area contributed by atoms with Gasteiger partial charge in [0.05, 0.1) is 12.5 Å². The number of hydrogen-bond acceptors (Lipinski definition) is 6. The first kappa shape index (κ1) is 19.7. The van der Waals surface area contributed by atoms with Crippen molar-refractivity contribution in [2.45, 2.75) is 37.4 Å². The number of aliphatic hydroxyl groups is 2. The van der Waals surface area contributed by atoms with Crippen LogP contribution in [0.15, 0.2) is 15.8 Å². The lowest BCUT2D eigenvalue weighted by Crippen LogP contribution is -2.39. The Hall–Kier alpha value is -1.67. The summed E-state index contributed by atoms with van der Waals surface area (Å²) in [4.78, 5) is 36.5. The number of rotatable bonds is 6. The number of nitrogens with zero attached hydrogens (tertiary/aromatic N) is 1. The number of carboxylic acid groups (broad SMARTS) is 1. The molecule has 1 fully saturated rings. The number of ether oxygens (including phenoxy) is 1. The smallest absolute Gasteiger partial charge is 0.330 e. The summed E-state index contributed by atoms with van der Waals surface area (Å²) in [7, 11) is 0. The molecule has 0 amide bonds. The molecule has 9 nitrogen and oxygen atoms in total. The van der Waals surface area contributed by atoms with Crippen LogP contribution in [0.1, 0.15) is 18.2 Å². The molecule has 2 rings (SSSR count). The summed E-state index contributed by atoms with van der Waals surface area (Å²) in [6, 6.07) is 0. The molecule has 1 aromatic rings. The van der Waals surface area contributed by atoms with E-state index < -0.39 is 55.1 Å². The topological polar surface area (TPSA) is 142 Å². The Balaban J connectivity index is 2.29. The van der Waals surface area contributed by atoms with Gasteiger partial charge in [-0.15, -0.1) is 13.2 Å². The van der Waals surface area contributed by atoms with Crippen molar-refractivity contribution in [3.63, 3.8) is 0 Å². The van der Waals surface area contributed by atoms with Crippen molar-refractivity contribution in [2.75, 3.05) is 19.5 Å². The third-order valence-electron chi connectivity index (χ3n) is 4.01. The number of H-pyrrole nitrogens is 1. The molecule has 1 unspecified atom stereocenters. The average Bonchev–Trinajstić information content (AvgIpc) is 2.75. The highest BCUT2D eigenvalue weighted by molar-refractivity contribution is 7.72. The molecule has 0 aromatic carbocycles. The van der Waals surface area contributed by atoms with E-state index in [2.05, 4.69) is 6.30 Å². The zero-order valence-electron chi connectivity index (χ0n) is 14.1. The van der Waals surface area contributed by atoms with Crippen LogP contribution in [-0.2, 0) is 16.0 Å². The SMILES string of the molecule is C=P(C)(C)CC[C@H]1OC(n2cc(CC(=O)O)c(=O)[nH]c2=O)[C@H](O)[C@@H]1O. The highest BCUT2D eigenvalue weighted by atomic mass is 31.2. The van der Waals surface area contributed by atoms with Crippen LogP contribution < -0.4 is 11.2 Å². The standard InChI is InChI=1S/C15H23N2O7P/c1-25(2,3)5-4-9-11(20)12(21)14(24-9)17-7-8(6-10(18)19)13(22)16-15(17)23/h7,9,11-12,14,20-21H,1,4-6H2,2-3H3,(H,18,19)(H,16,22,23)/t9-,11-,12-,14?/m1/s1. The van der Waals surface area contributed by atoms with Gasteiger partial charge in [0.2, 0.25) is 0 Å². The number of aliphatic hydroxyl groups excluding tert-OH is 2. The normalized spacial score (nSPS) is 26.7. The van der Waals surface area contributed by atoms with E-state index >= 15 is 0 Å². The average molecular weight is 374 g/mol. The molecular weight excluding hydrogens is 351 g/mol. The lowest BCUT2D eigenvalue weighted by molar-refractivity contribution is -0.136. The molecule has 10 heteroatoms. The fourth-order valence-electron chi connectivity index (χ4n) is 2.68. The fraction of sp³-hybridized carbons (Fsp3) is 0.600. The van der Waals surface area contributed by atoms with Gasteiger partial charge < -0.3 is 20.1 Å². The van der Waals surface area contributed by atoms with Crippen LogP contribution in [-0.4, -0.2) is 74.9 Å². The summed E-state index contributed by atoms with van der Waals surface area (Å²) in [5.74, 6) is -1.23. The number of aromatic nitrogens is 2. The summed E-state index contributed by atoms with van der Waals surface area (Å²) in [5, 5.41) is 29.2. The van der Waals surface area contributed by atoms with Gasteiger partial charge in [0, 0.05) is 11.8 Å². The second kappa shape index (κ2) is 7.29. The number of carboxylic acids is 1. The van der Waals surface area contributed by atoms with Crippen LogP contribution in [0.3, 0.4) is 0 Å². The van der Waals surface area contributed by atoms with Gasteiger partial charge >= 0.3 is 11.7 Å². The Morgan fingerprint density at radius 2 is 2.00 bits per heavy atom. The van der Waals surface area contributed by atoms with Crippen LogP contribution in [0.2, 0.25) is 0 Å². The van der Waals surface area contributed by atoms with E-state index in [1.165, 1.54) is 0 Å². The molecule has 140 valence electrons. The molecule has 1 aromatic heterocycles. The maximum Gasteiger partial charge on any atom is 0.330 e. The third-order valence-corrected chi connectivity index (χ3v) is 5.48. The molecular formula is C15H23N2O7P. The maximum absolute atomic E-state index is 12.0. The summed E-state index contributed by atoms with van der Waals surface area (Å²) in [5.41, 5.74) is -1.80. The van der Waals surface area contributed by atoms with Gasteiger partial charge in [-0.25, -0.2) is 4.79 Å². The monoisotopic (exact) mass is 374 g/mol. The summed E-state index contributed by atoms with van der Waals surface area (Å²) >= 11 is 0. The van der Waals surface area contributed by atoms with Gasteiger partial charge in [-0.3, -0.25) is 19.1 Å². The number of hydrogen-bond donors (Lipinski definition) is 4. The van der Waals surface area contributed by atoms with Crippen molar-refractivity contribution < 1.29 is 24.9 Å². The lowest BCUT2D eigenvalue weighted by atomic mass is 10.1. The quantitative estimate of drug-likeness (QED) is 0.462. The highest BCUT2D eigenvalue weighted by Gasteiger charge is 2.44. The molecule has 0 radical (unpaired) electrons. The summed E-state index contributed by atoms with van der Waals surface area (Å²) < 4.78 is 6.55. The van der Waals surface area contributed by atoms with Gasteiger partial charge in [0.1, 0.15) is 12.2 Å². The largest absolute Gasteiger partial charge is 0.481 e. The maximum atomic E-state index is 12.0. The summed E-state index contributed by atoms with van der Waals surface area (Å²) in [6.07, 6.45) is 1.30. The first-order valence-corrected chi connectivity index (χ1v) is 10.8. The first-order valence-electron chi connectivity index (χ1n) is 7.74. The van der Waals surface area contributed by atoms with Crippen molar-refractivity contribution >= 4 is 19.2 Å². The van der Waals surface area contributed by atoms with Gasteiger partial charge in [-0.2, -0.15) is 0 Å². The van der Waals surface area contributed by atoms with Crippen molar-refractivity contribution in [2.24, 2.45) is 0 Å². The van der Waals surface area contributed by atoms with Gasteiger partial charge in [-0.05, 0) is 25.9 Å². The summed E-state index contributed by atoms with van der Waals surface area (Å²) in [6.45, 7) is 2.72. The zero-order valence-corrected chi connectivity index (χ0v) is 15.0. The Morgan fingerprint density at radius 1 is 1.36 bits per heavy atom. The molecule has 0 bridgehead atoms. The van der Waals surface area contributed by atoms with Crippen LogP contribution in [0, 0.1) is 0 Å². The third kappa shape index (κ3) is 4.70. The predicted molar refractivity (Wildman–Crippen MR) is 94.0 cm³/mol. The molecule has 0 saturated carbocycles.